The molecule has 1 N–H and O–H groups in total. The number of rotatable bonds is 5. The number of hydrogen-bond acceptors (Lipinski definition) is 3. The van der Waals surface area contributed by atoms with Gasteiger partial charge in [-0.25, -0.2) is 0 Å². The first-order valence-corrected chi connectivity index (χ1v) is 10.5. The van der Waals surface area contributed by atoms with E-state index >= 15 is 0 Å². The minimum absolute atomic E-state index is 0.400. The fourth-order valence-electron chi connectivity index (χ4n) is 4.58. The summed E-state index contributed by atoms with van der Waals surface area (Å²) in [5, 5.41) is 8.01. The first kappa shape index (κ1) is 19.0. The highest BCUT2D eigenvalue weighted by Crippen LogP contribution is 2.27. The SMILES string of the molecule is CN=C(NCC(c1ccccc1)N1CCCC1)N1CCC(c2cnn(C)c2)C1. The molecule has 1 aromatic heterocycles. The van der Waals surface area contributed by atoms with E-state index in [0.717, 1.165) is 32.0 Å². The Morgan fingerprint density at radius 1 is 1.21 bits per heavy atom. The fraction of sp³-hybridized carbons (Fsp3) is 0.545. The van der Waals surface area contributed by atoms with Crippen LogP contribution in [0.3, 0.4) is 0 Å². The number of aromatic nitrogens is 2. The number of nitrogens with zero attached hydrogens (tertiary/aromatic N) is 5. The second-order valence-electron chi connectivity index (χ2n) is 7.98. The predicted molar refractivity (Wildman–Crippen MR) is 113 cm³/mol. The fourth-order valence-corrected chi connectivity index (χ4v) is 4.58. The first-order chi connectivity index (χ1) is 13.7. The van der Waals surface area contributed by atoms with Crippen molar-refractivity contribution in [3.63, 3.8) is 0 Å². The van der Waals surface area contributed by atoms with E-state index in [0.29, 0.717) is 12.0 Å². The zero-order valence-corrected chi connectivity index (χ0v) is 17.1. The van der Waals surface area contributed by atoms with Crippen LogP contribution in [0.15, 0.2) is 47.7 Å². The van der Waals surface area contributed by atoms with Crippen LogP contribution in [-0.2, 0) is 7.05 Å². The summed E-state index contributed by atoms with van der Waals surface area (Å²) in [5.41, 5.74) is 2.72. The summed E-state index contributed by atoms with van der Waals surface area (Å²) >= 11 is 0. The highest BCUT2D eigenvalue weighted by atomic mass is 15.3. The second-order valence-corrected chi connectivity index (χ2v) is 7.98. The summed E-state index contributed by atoms with van der Waals surface area (Å²) in [6.45, 7) is 5.31. The molecule has 0 radical (unpaired) electrons. The lowest BCUT2D eigenvalue weighted by molar-refractivity contribution is 0.244. The molecule has 0 saturated carbocycles. The van der Waals surface area contributed by atoms with Crippen molar-refractivity contribution < 1.29 is 0 Å². The molecule has 4 rings (SSSR count). The smallest absolute Gasteiger partial charge is 0.193 e. The highest BCUT2D eigenvalue weighted by Gasteiger charge is 2.28. The molecule has 0 spiro atoms. The Labute approximate surface area is 168 Å². The van der Waals surface area contributed by atoms with Crippen LogP contribution in [-0.4, -0.2) is 65.3 Å². The summed E-state index contributed by atoms with van der Waals surface area (Å²) in [6.07, 6.45) is 7.90. The maximum Gasteiger partial charge on any atom is 0.193 e. The molecule has 150 valence electrons. The zero-order chi connectivity index (χ0) is 19.3. The van der Waals surface area contributed by atoms with E-state index in [4.69, 9.17) is 0 Å². The normalized spacial score (nSPS) is 22.0. The van der Waals surface area contributed by atoms with E-state index in [2.05, 4.69) is 61.7 Å². The van der Waals surface area contributed by atoms with Crippen LogP contribution < -0.4 is 5.32 Å². The van der Waals surface area contributed by atoms with Crippen molar-refractivity contribution in [3.8, 4) is 0 Å². The average Bonchev–Trinajstić information content (AvgIpc) is 3.48. The molecule has 2 fully saturated rings. The Morgan fingerprint density at radius 3 is 2.68 bits per heavy atom. The molecule has 0 amide bonds. The van der Waals surface area contributed by atoms with Crippen LogP contribution in [0.25, 0.3) is 0 Å². The molecule has 1 aromatic carbocycles. The maximum atomic E-state index is 4.59. The van der Waals surface area contributed by atoms with E-state index in [1.807, 2.05) is 25.0 Å². The Balaban J connectivity index is 1.40. The van der Waals surface area contributed by atoms with Gasteiger partial charge in [0.2, 0.25) is 0 Å². The van der Waals surface area contributed by atoms with Crippen LogP contribution >= 0.6 is 0 Å². The molecule has 6 nitrogen and oxygen atoms in total. The van der Waals surface area contributed by atoms with Gasteiger partial charge in [0, 0.05) is 45.8 Å². The number of guanidine groups is 1. The molecule has 28 heavy (non-hydrogen) atoms. The molecular weight excluding hydrogens is 348 g/mol. The maximum absolute atomic E-state index is 4.59. The summed E-state index contributed by atoms with van der Waals surface area (Å²) in [4.78, 5) is 9.59. The van der Waals surface area contributed by atoms with Crippen LogP contribution in [0.1, 0.15) is 42.3 Å². The third-order valence-corrected chi connectivity index (χ3v) is 6.12. The monoisotopic (exact) mass is 380 g/mol. The number of hydrogen-bond donors (Lipinski definition) is 1. The van der Waals surface area contributed by atoms with E-state index in [1.54, 1.807) is 0 Å². The summed E-state index contributed by atoms with van der Waals surface area (Å²) in [6, 6.07) is 11.3. The lowest BCUT2D eigenvalue weighted by Gasteiger charge is -2.30. The van der Waals surface area contributed by atoms with Gasteiger partial charge >= 0.3 is 0 Å². The van der Waals surface area contributed by atoms with Gasteiger partial charge in [-0.05, 0) is 43.5 Å². The summed E-state index contributed by atoms with van der Waals surface area (Å²) < 4.78 is 1.89. The highest BCUT2D eigenvalue weighted by molar-refractivity contribution is 5.80. The van der Waals surface area contributed by atoms with Gasteiger partial charge in [0.25, 0.3) is 0 Å². The van der Waals surface area contributed by atoms with Gasteiger partial charge in [-0.15, -0.1) is 0 Å². The standard InChI is InChI=1S/C22H32N6/c1-23-22(28-13-10-19(17-28)20-14-25-26(2)16-20)24-15-21(27-11-6-7-12-27)18-8-4-3-5-9-18/h3-5,8-9,14,16,19,21H,6-7,10-13,15,17H2,1-2H3,(H,23,24). The Kier molecular flexibility index (Phi) is 5.95. The van der Waals surface area contributed by atoms with Crippen LogP contribution in [0.2, 0.25) is 0 Å². The minimum atomic E-state index is 0.400. The third-order valence-electron chi connectivity index (χ3n) is 6.12. The lowest BCUT2D eigenvalue weighted by atomic mass is 10.0. The molecule has 2 aromatic rings. The van der Waals surface area contributed by atoms with Gasteiger partial charge in [-0.1, -0.05) is 30.3 Å². The van der Waals surface area contributed by atoms with Crippen molar-refractivity contribution in [2.45, 2.75) is 31.2 Å². The molecular formula is C22H32N6. The minimum Gasteiger partial charge on any atom is -0.354 e. The van der Waals surface area contributed by atoms with Gasteiger partial charge in [-0.3, -0.25) is 14.6 Å². The van der Waals surface area contributed by atoms with Crippen LogP contribution in [0, 0.1) is 0 Å². The van der Waals surface area contributed by atoms with Gasteiger partial charge in [-0.2, -0.15) is 5.10 Å². The molecule has 0 bridgehead atoms. The van der Waals surface area contributed by atoms with Gasteiger partial charge in [0.1, 0.15) is 0 Å². The summed E-state index contributed by atoms with van der Waals surface area (Å²) in [7, 11) is 3.88. The molecule has 2 aliphatic rings. The number of nitrogens with one attached hydrogen (secondary N) is 1. The number of benzene rings is 1. The Bertz CT molecular complexity index is 777. The number of aliphatic imine (C=N–C) groups is 1. The average molecular weight is 381 g/mol. The number of aryl methyl sites for hydroxylation is 1. The molecule has 2 unspecified atom stereocenters. The second kappa shape index (κ2) is 8.78. The van der Waals surface area contributed by atoms with Crippen LogP contribution in [0.4, 0.5) is 0 Å². The van der Waals surface area contributed by atoms with Crippen molar-refractivity contribution in [3.05, 3.63) is 53.9 Å². The molecule has 0 aliphatic carbocycles. The molecule has 2 saturated heterocycles. The number of likely N-dealkylation sites (tertiary alicyclic amines) is 2. The van der Waals surface area contributed by atoms with Gasteiger partial charge in [0.15, 0.2) is 5.96 Å². The molecule has 3 heterocycles. The largest absolute Gasteiger partial charge is 0.354 e. The van der Waals surface area contributed by atoms with E-state index in [9.17, 15) is 0 Å². The van der Waals surface area contributed by atoms with Crippen molar-refractivity contribution in [1.29, 1.82) is 0 Å². The predicted octanol–water partition coefficient (Wildman–Crippen LogP) is 2.62. The molecule has 6 heteroatoms. The van der Waals surface area contributed by atoms with E-state index in [1.165, 1.54) is 37.1 Å². The Hall–Kier alpha value is -2.34. The lowest BCUT2D eigenvalue weighted by Crippen LogP contribution is -2.44. The van der Waals surface area contributed by atoms with Crippen molar-refractivity contribution >= 4 is 5.96 Å². The van der Waals surface area contributed by atoms with Crippen molar-refractivity contribution in [1.82, 2.24) is 24.9 Å². The van der Waals surface area contributed by atoms with E-state index < -0.39 is 0 Å². The van der Waals surface area contributed by atoms with Gasteiger partial charge < -0.3 is 10.2 Å². The summed E-state index contributed by atoms with van der Waals surface area (Å²) in [5.74, 6) is 1.56. The van der Waals surface area contributed by atoms with Crippen molar-refractivity contribution in [2.75, 3.05) is 39.8 Å². The first-order valence-electron chi connectivity index (χ1n) is 10.5. The quantitative estimate of drug-likeness (QED) is 0.640. The van der Waals surface area contributed by atoms with Crippen molar-refractivity contribution in [2.24, 2.45) is 12.0 Å². The van der Waals surface area contributed by atoms with Crippen LogP contribution in [0.5, 0.6) is 0 Å². The van der Waals surface area contributed by atoms with Gasteiger partial charge in [0.05, 0.1) is 12.2 Å². The topological polar surface area (TPSA) is 48.7 Å². The molecule has 2 atom stereocenters. The Morgan fingerprint density at radius 2 is 2.00 bits per heavy atom. The van der Waals surface area contributed by atoms with E-state index in [-0.39, 0.29) is 0 Å². The molecule has 2 aliphatic heterocycles. The zero-order valence-electron chi connectivity index (χ0n) is 17.1. The third kappa shape index (κ3) is 4.22.